The van der Waals surface area contributed by atoms with Crippen LogP contribution in [0.1, 0.15) is 18.4 Å². The Labute approximate surface area is 106 Å². The van der Waals surface area contributed by atoms with Crippen molar-refractivity contribution in [1.82, 2.24) is 5.32 Å². The van der Waals surface area contributed by atoms with Crippen molar-refractivity contribution in [2.24, 2.45) is 0 Å². The summed E-state index contributed by atoms with van der Waals surface area (Å²) in [5, 5.41) is 11.7. The highest BCUT2D eigenvalue weighted by molar-refractivity contribution is 5.82. The lowest BCUT2D eigenvalue weighted by Crippen LogP contribution is -2.38. The van der Waals surface area contributed by atoms with Crippen LogP contribution in [0.5, 0.6) is 0 Å². The molecule has 0 bridgehead atoms. The number of nitrogens with one attached hydrogen (secondary N) is 1. The Kier molecular flexibility index (Phi) is 5.32. The lowest BCUT2D eigenvalue weighted by atomic mass is 9.99. The lowest BCUT2D eigenvalue weighted by molar-refractivity contribution is -0.139. The Bertz CT molecular complexity index is 405. The van der Waals surface area contributed by atoms with Crippen LogP contribution in [0, 0.1) is 0 Å². The van der Waals surface area contributed by atoms with E-state index in [-0.39, 0.29) is 12.5 Å². The van der Waals surface area contributed by atoms with Gasteiger partial charge in [0.2, 0.25) is 5.91 Å². The number of aliphatic carboxylic acids is 1. The highest BCUT2D eigenvalue weighted by atomic mass is 16.5. The van der Waals surface area contributed by atoms with Crippen LogP contribution >= 0.6 is 0 Å². The molecule has 1 aromatic carbocycles. The standard InChI is InChI=1S/C13H17NO4/c1-9(18-2)12(15)14-8-11(13(16)17)10-6-4-3-5-7-10/h3-7,9,11H,8H2,1-2H3,(H,14,15)(H,16,17). The quantitative estimate of drug-likeness (QED) is 0.791. The largest absolute Gasteiger partial charge is 0.481 e. The molecule has 0 heterocycles. The van der Waals surface area contributed by atoms with E-state index in [2.05, 4.69) is 5.32 Å². The van der Waals surface area contributed by atoms with Gasteiger partial charge in [0, 0.05) is 13.7 Å². The normalized spacial score (nSPS) is 13.7. The number of carboxylic acids is 1. The van der Waals surface area contributed by atoms with Gasteiger partial charge in [0.05, 0.1) is 5.92 Å². The number of carbonyl (C=O) groups excluding carboxylic acids is 1. The first-order valence-corrected chi connectivity index (χ1v) is 5.64. The van der Waals surface area contributed by atoms with Crippen LogP contribution in [-0.4, -0.2) is 36.7 Å². The van der Waals surface area contributed by atoms with Crippen molar-refractivity contribution in [1.29, 1.82) is 0 Å². The third kappa shape index (κ3) is 3.85. The second kappa shape index (κ2) is 6.76. The Morgan fingerprint density at radius 3 is 2.44 bits per heavy atom. The summed E-state index contributed by atoms with van der Waals surface area (Å²) in [6, 6.07) is 8.80. The van der Waals surface area contributed by atoms with Gasteiger partial charge in [-0.05, 0) is 12.5 Å². The molecule has 0 aliphatic heterocycles. The third-order valence-electron chi connectivity index (χ3n) is 2.70. The monoisotopic (exact) mass is 251 g/mol. The fraction of sp³-hybridized carbons (Fsp3) is 0.385. The van der Waals surface area contributed by atoms with E-state index < -0.39 is 18.0 Å². The number of carbonyl (C=O) groups is 2. The van der Waals surface area contributed by atoms with Crippen molar-refractivity contribution in [3.8, 4) is 0 Å². The molecule has 0 fully saturated rings. The number of benzene rings is 1. The van der Waals surface area contributed by atoms with Gasteiger partial charge in [-0.2, -0.15) is 0 Å². The predicted octanol–water partition coefficient (Wildman–Crippen LogP) is 1.01. The van der Waals surface area contributed by atoms with Gasteiger partial charge in [0.1, 0.15) is 6.10 Å². The van der Waals surface area contributed by atoms with Crippen molar-refractivity contribution in [2.45, 2.75) is 18.9 Å². The summed E-state index contributed by atoms with van der Waals surface area (Å²) in [7, 11) is 1.43. The van der Waals surface area contributed by atoms with Gasteiger partial charge in [0.25, 0.3) is 0 Å². The van der Waals surface area contributed by atoms with E-state index in [0.717, 1.165) is 0 Å². The van der Waals surface area contributed by atoms with Crippen LogP contribution in [0.2, 0.25) is 0 Å². The minimum Gasteiger partial charge on any atom is -0.481 e. The Balaban J connectivity index is 2.66. The van der Waals surface area contributed by atoms with E-state index in [1.165, 1.54) is 7.11 Å². The molecule has 0 saturated heterocycles. The summed E-state index contributed by atoms with van der Waals surface area (Å²) in [5.74, 6) is -2.04. The van der Waals surface area contributed by atoms with Crippen LogP contribution in [-0.2, 0) is 14.3 Å². The highest BCUT2D eigenvalue weighted by Crippen LogP contribution is 2.14. The molecule has 98 valence electrons. The molecule has 0 spiro atoms. The number of hydrogen-bond acceptors (Lipinski definition) is 3. The summed E-state index contributed by atoms with van der Waals surface area (Å²) < 4.78 is 4.85. The minimum absolute atomic E-state index is 0.0475. The second-order valence-electron chi connectivity index (χ2n) is 3.92. The number of carboxylic acid groups (broad SMARTS) is 1. The molecule has 2 unspecified atom stereocenters. The van der Waals surface area contributed by atoms with Gasteiger partial charge >= 0.3 is 5.97 Å². The molecule has 0 radical (unpaired) electrons. The van der Waals surface area contributed by atoms with Crippen molar-refractivity contribution in [3.05, 3.63) is 35.9 Å². The lowest BCUT2D eigenvalue weighted by Gasteiger charge is -2.15. The summed E-state index contributed by atoms with van der Waals surface area (Å²) >= 11 is 0. The predicted molar refractivity (Wildman–Crippen MR) is 66.3 cm³/mol. The van der Waals surface area contributed by atoms with Crippen molar-refractivity contribution in [2.75, 3.05) is 13.7 Å². The van der Waals surface area contributed by atoms with Crippen molar-refractivity contribution < 1.29 is 19.4 Å². The summed E-state index contributed by atoms with van der Waals surface area (Å²) in [6.07, 6.45) is -0.588. The van der Waals surface area contributed by atoms with Crippen LogP contribution in [0.4, 0.5) is 0 Å². The van der Waals surface area contributed by atoms with E-state index in [1.807, 2.05) is 6.07 Å². The highest BCUT2D eigenvalue weighted by Gasteiger charge is 2.21. The third-order valence-corrected chi connectivity index (χ3v) is 2.70. The van der Waals surface area contributed by atoms with Crippen LogP contribution in [0.3, 0.4) is 0 Å². The number of amides is 1. The van der Waals surface area contributed by atoms with Crippen LogP contribution in [0.15, 0.2) is 30.3 Å². The van der Waals surface area contributed by atoms with Gasteiger partial charge in [-0.3, -0.25) is 9.59 Å². The first-order chi connectivity index (χ1) is 8.56. The molecule has 2 N–H and O–H groups in total. The minimum atomic E-state index is -0.966. The fourth-order valence-corrected chi connectivity index (χ4v) is 1.49. The maximum absolute atomic E-state index is 11.5. The van der Waals surface area contributed by atoms with Crippen LogP contribution < -0.4 is 5.32 Å². The van der Waals surface area contributed by atoms with E-state index in [4.69, 9.17) is 9.84 Å². The first-order valence-electron chi connectivity index (χ1n) is 5.64. The first kappa shape index (κ1) is 14.2. The Morgan fingerprint density at radius 1 is 1.33 bits per heavy atom. The fourth-order valence-electron chi connectivity index (χ4n) is 1.49. The zero-order valence-corrected chi connectivity index (χ0v) is 10.4. The topological polar surface area (TPSA) is 75.6 Å². The molecular formula is C13H17NO4. The molecule has 18 heavy (non-hydrogen) atoms. The summed E-state index contributed by atoms with van der Waals surface area (Å²) in [5.41, 5.74) is 0.662. The second-order valence-corrected chi connectivity index (χ2v) is 3.92. The number of methoxy groups -OCH3 is 1. The van der Waals surface area contributed by atoms with E-state index in [1.54, 1.807) is 31.2 Å². The molecule has 1 aromatic rings. The van der Waals surface area contributed by atoms with E-state index >= 15 is 0 Å². The van der Waals surface area contributed by atoms with Gasteiger partial charge in [0.15, 0.2) is 0 Å². The molecule has 0 aromatic heterocycles. The van der Waals surface area contributed by atoms with E-state index in [0.29, 0.717) is 5.56 Å². The number of ether oxygens (including phenoxy) is 1. The summed E-state index contributed by atoms with van der Waals surface area (Å²) in [4.78, 5) is 22.7. The van der Waals surface area contributed by atoms with Crippen molar-refractivity contribution >= 4 is 11.9 Å². The molecule has 0 aliphatic carbocycles. The van der Waals surface area contributed by atoms with Crippen molar-refractivity contribution in [3.63, 3.8) is 0 Å². The summed E-state index contributed by atoms with van der Waals surface area (Å²) in [6.45, 7) is 1.65. The zero-order chi connectivity index (χ0) is 13.5. The SMILES string of the molecule is COC(C)C(=O)NCC(C(=O)O)c1ccccc1. The maximum Gasteiger partial charge on any atom is 0.312 e. The molecule has 5 nitrogen and oxygen atoms in total. The molecule has 0 saturated carbocycles. The molecular weight excluding hydrogens is 234 g/mol. The van der Waals surface area contributed by atoms with Crippen LogP contribution in [0.25, 0.3) is 0 Å². The average Bonchev–Trinajstić information content (AvgIpc) is 2.38. The Morgan fingerprint density at radius 2 is 1.94 bits per heavy atom. The smallest absolute Gasteiger partial charge is 0.312 e. The average molecular weight is 251 g/mol. The molecule has 5 heteroatoms. The number of rotatable bonds is 6. The van der Waals surface area contributed by atoms with Gasteiger partial charge in [-0.15, -0.1) is 0 Å². The van der Waals surface area contributed by atoms with E-state index in [9.17, 15) is 9.59 Å². The molecule has 1 rings (SSSR count). The Hall–Kier alpha value is -1.88. The zero-order valence-electron chi connectivity index (χ0n) is 10.4. The number of hydrogen-bond donors (Lipinski definition) is 2. The molecule has 2 atom stereocenters. The van der Waals surface area contributed by atoms with Gasteiger partial charge in [-0.25, -0.2) is 0 Å². The maximum atomic E-state index is 11.5. The molecule has 1 amide bonds. The molecule has 0 aliphatic rings. The van der Waals surface area contributed by atoms with Gasteiger partial charge in [-0.1, -0.05) is 30.3 Å². The van der Waals surface area contributed by atoms with Gasteiger partial charge < -0.3 is 15.2 Å².